The van der Waals surface area contributed by atoms with Crippen molar-refractivity contribution >= 4 is 5.91 Å². The van der Waals surface area contributed by atoms with E-state index in [1.54, 1.807) is 19.2 Å². The molecule has 0 bridgehead atoms. The van der Waals surface area contributed by atoms with Gasteiger partial charge in [0.15, 0.2) is 0 Å². The lowest BCUT2D eigenvalue weighted by Crippen LogP contribution is -2.27. The number of carbonyl (C=O) groups is 1. The van der Waals surface area contributed by atoms with Gasteiger partial charge in [0.25, 0.3) is 0 Å². The van der Waals surface area contributed by atoms with Crippen LogP contribution in [-0.4, -0.2) is 30.7 Å². The van der Waals surface area contributed by atoms with Crippen molar-refractivity contribution in [1.29, 1.82) is 0 Å². The number of hydrogen-bond donors (Lipinski definition) is 1. The summed E-state index contributed by atoms with van der Waals surface area (Å²) < 4.78 is 19.8. The smallest absolute Gasteiger partial charge is 0.225 e. The fourth-order valence-electron chi connectivity index (χ4n) is 2.09. The van der Waals surface area contributed by atoms with E-state index in [0.29, 0.717) is 13.2 Å². The molecule has 0 spiro atoms. The Balaban J connectivity index is 1.97. The molecule has 1 N–H and O–H groups in total. The van der Waals surface area contributed by atoms with Gasteiger partial charge in [0.05, 0.1) is 6.42 Å². The Kier molecular flexibility index (Phi) is 5.51. The van der Waals surface area contributed by atoms with Crippen molar-refractivity contribution in [2.24, 2.45) is 0 Å². The number of halogens is 1. The van der Waals surface area contributed by atoms with Gasteiger partial charge in [0.1, 0.15) is 5.82 Å². The van der Waals surface area contributed by atoms with Gasteiger partial charge in [0, 0.05) is 37.8 Å². The van der Waals surface area contributed by atoms with E-state index >= 15 is 0 Å². The van der Waals surface area contributed by atoms with Crippen molar-refractivity contribution in [2.75, 3.05) is 20.3 Å². The van der Waals surface area contributed by atoms with Crippen LogP contribution in [0.3, 0.4) is 0 Å². The number of nitrogens with zero attached hydrogens (tertiary/aromatic N) is 1. The van der Waals surface area contributed by atoms with Gasteiger partial charge in [0.2, 0.25) is 5.91 Å². The van der Waals surface area contributed by atoms with Crippen LogP contribution in [0.4, 0.5) is 4.39 Å². The van der Waals surface area contributed by atoms with Crippen molar-refractivity contribution in [3.05, 3.63) is 54.1 Å². The fourth-order valence-corrected chi connectivity index (χ4v) is 2.09. The van der Waals surface area contributed by atoms with Gasteiger partial charge in [-0.1, -0.05) is 0 Å². The quantitative estimate of drug-likeness (QED) is 0.795. The standard InChI is InChI=1S/C16H19FN2O2/c1-21-11-3-9-18-16(20)12-15-4-2-10-19(15)14-7-5-13(17)6-8-14/h2,4-8,10H,3,9,11-12H2,1H3,(H,18,20). The first-order valence-corrected chi connectivity index (χ1v) is 6.88. The van der Waals surface area contributed by atoms with E-state index in [9.17, 15) is 9.18 Å². The molecule has 0 aliphatic heterocycles. The van der Waals surface area contributed by atoms with Crippen LogP contribution < -0.4 is 5.32 Å². The Morgan fingerprint density at radius 3 is 2.76 bits per heavy atom. The number of ether oxygens (including phenoxy) is 1. The number of rotatable bonds is 7. The summed E-state index contributed by atoms with van der Waals surface area (Å²) in [5.74, 6) is -0.309. The molecular weight excluding hydrogens is 271 g/mol. The summed E-state index contributed by atoms with van der Waals surface area (Å²) in [7, 11) is 1.64. The van der Waals surface area contributed by atoms with Crippen LogP contribution >= 0.6 is 0 Å². The molecule has 4 nitrogen and oxygen atoms in total. The zero-order valence-corrected chi connectivity index (χ0v) is 12.0. The molecule has 0 saturated carbocycles. The highest BCUT2D eigenvalue weighted by atomic mass is 19.1. The maximum Gasteiger partial charge on any atom is 0.225 e. The van der Waals surface area contributed by atoms with Crippen molar-refractivity contribution < 1.29 is 13.9 Å². The third-order valence-electron chi connectivity index (χ3n) is 3.13. The number of carbonyl (C=O) groups excluding carboxylic acids is 1. The number of amides is 1. The highest BCUT2D eigenvalue weighted by Crippen LogP contribution is 2.14. The van der Waals surface area contributed by atoms with E-state index in [0.717, 1.165) is 17.8 Å². The van der Waals surface area contributed by atoms with Crippen LogP contribution in [0.5, 0.6) is 0 Å². The number of nitrogens with one attached hydrogen (secondary N) is 1. The Hall–Kier alpha value is -2.14. The van der Waals surface area contributed by atoms with E-state index in [2.05, 4.69) is 5.32 Å². The first-order valence-electron chi connectivity index (χ1n) is 6.88. The first-order chi connectivity index (χ1) is 10.2. The molecule has 5 heteroatoms. The molecule has 2 rings (SSSR count). The molecule has 112 valence electrons. The number of benzene rings is 1. The van der Waals surface area contributed by atoms with Gasteiger partial charge in [-0.25, -0.2) is 4.39 Å². The highest BCUT2D eigenvalue weighted by Gasteiger charge is 2.08. The summed E-state index contributed by atoms with van der Waals surface area (Å²) in [6.07, 6.45) is 2.94. The molecule has 0 atom stereocenters. The molecule has 0 fully saturated rings. The van der Waals surface area contributed by atoms with Gasteiger partial charge in [-0.3, -0.25) is 4.79 Å². The van der Waals surface area contributed by atoms with E-state index in [-0.39, 0.29) is 18.1 Å². The lowest BCUT2D eigenvalue weighted by atomic mass is 10.2. The molecular formula is C16H19FN2O2. The molecule has 1 aromatic carbocycles. The van der Waals surface area contributed by atoms with Crippen molar-refractivity contribution in [3.63, 3.8) is 0 Å². The SMILES string of the molecule is COCCCNC(=O)Cc1cccn1-c1ccc(F)cc1. The monoisotopic (exact) mass is 290 g/mol. The molecule has 0 aliphatic carbocycles. The molecule has 2 aromatic rings. The third kappa shape index (κ3) is 4.43. The summed E-state index contributed by atoms with van der Waals surface area (Å²) in [6.45, 7) is 1.23. The molecule has 21 heavy (non-hydrogen) atoms. The van der Waals surface area contributed by atoms with Crippen LogP contribution in [0.25, 0.3) is 5.69 Å². The van der Waals surface area contributed by atoms with Crippen LogP contribution in [0.15, 0.2) is 42.6 Å². The second-order valence-electron chi connectivity index (χ2n) is 4.72. The van der Waals surface area contributed by atoms with Crippen LogP contribution in [0.2, 0.25) is 0 Å². The molecule has 1 heterocycles. The average Bonchev–Trinajstić information content (AvgIpc) is 2.92. The van der Waals surface area contributed by atoms with Crippen molar-refractivity contribution in [1.82, 2.24) is 9.88 Å². The van der Waals surface area contributed by atoms with Crippen LogP contribution in [0.1, 0.15) is 12.1 Å². The minimum atomic E-state index is -0.275. The lowest BCUT2D eigenvalue weighted by Gasteiger charge is -2.10. The second kappa shape index (κ2) is 7.59. The molecule has 1 aromatic heterocycles. The predicted molar refractivity (Wildman–Crippen MR) is 78.9 cm³/mol. The zero-order chi connectivity index (χ0) is 15.1. The number of aromatic nitrogens is 1. The predicted octanol–water partition coefficient (Wildman–Crippen LogP) is 2.31. The van der Waals surface area contributed by atoms with Gasteiger partial charge in [-0.2, -0.15) is 0 Å². The zero-order valence-electron chi connectivity index (χ0n) is 12.0. The molecule has 0 radical (unpaired) electrons. The Morgan fingerprint density at radius 1 is 1.29 bits per heavy atom. The summed E-state index contributed by atoms with van der Waals surface area (Å²) in [5.41, 5.74) is 1.70. The second-order valence-corrected chi connectivity index (χ2v) is 4.72. The molecule has 0 saturated heterocycles. The van der Waals surface area contributed by atoms with E-state index < -0.39 is 0 Å². The summed E-state index contributed by atoms with van der Waals surface area (Å²) in [4.78, 5) is 11.9. The van der Waals surface area contributed by atoms with Gasteiger partial charge >= 0.3 is 0 Å². The molecule has 0 unspecified atom stereocenters. The average molecular weight is 290 g/mol. The third-order valence-corrected chi connectivity index (χ3v) is 3.13. The van der Waals surface area contributed by atoms with Crippen LogP contribution in [-0.2, 0) is 16.0 Å². The Labute approximate surface area is 123 Å². The van der Waals surface area contributed by atoms with E-state index in [1.165, 1.54) is 12.1 Å². The maximum atomic E-state index is 13.0. The Bertz CT molecular complexity index is 578. The lowest BCUT2D eigenvalue weighted by molar-refractivity contribution is -0.120. The largest absolute Gasteiger partial charge is 0.385 e. The van der Waals surface area contributed by atoms with Gasteiger partial charge in [-0.15, -0.1) is 0 Å². The van der Waals surface area contributed by atoms with E-state index in [4.69, 9.17) is 4.74 Å². The molecule has 0 aliphatic rings. The molecule has 1 amide bonds. The first kappa shape index (κ1) is 15.3. The van der Waals surface area contributed by atoms with Crippen molar-refractivity contribution in [2.45, 2.75) is 12.8 Å². The summed E-state index contributed by atoms with van der Waals surface area (Å²) >= 11 is 0. The normalized spacial score (nSPS) is 10.6. The number of hydrogen-bond acceptors (Lipinski definition) is 2. The number of methoxy groups -OCH3 is 1. The maximum absolute atomic E-state index is 13.0. The van der Waals surface area contributed by atoms with E-state index in [1.807, 2.05) is 22.9 Å². The minimum Gasteiger partial charge on any atom is -0.385 e. The summed E-state index contributed by atoms with van der Waals surface area (Å²) in [6, 6.07) is 9.95. The highest BCUT2D eigenvalue weighted by molar-refractivity contribution is 5.78. The fraction of sp³-hybridized carbons (Fsp3) is 0.312. The minimum absolute atomic E-state index is 0.0341. The van der Waals surface area contributed by atoms with Crippen molar-refractivity contribution in [3.8, 4) is 5.69 Å². The van der Waals surface area contributed by atoms with Crippen LogP contribution in [0, 0.1) is 5.82 Å². The Morgan fingerprint density at radius 2 is 2.05 bits per heavy atom. The van der Waals surface area contributed by atoms with Gasteiger partial charge in [-0.05, 0) is 42.8 Å². The summed E-state index contributed by atoms with van der Waals surface area (Å²) in [5, 5.41) is 2.85. The van der Waals surface area contributed by atoms with Gasteiger partial charge < -0.3 is 14.6 Å². The topological polar surface area (TPSA) is 43.3 Å².